The monoisotopic (exact) mass is 222 g/mol. The molecular formula is C12H18N2O2. The van der Waals surface area contributed by atoms with Gasteiger partial charge in [-0.15, -0.1) is 0 Å². The number of hydroxylamine groups is 1. The third-order valence-electron chi connectivity index (χ3n) is 2.05. The van der Waals surface area contributed by atoms with E-state index in [2.05, 4.69) is 17.7 Å². The lowest BCUT2D eigenvalue weighted by atomic mass is 10.3. The number of anilines is 1. The summed E-state index contributed by atoms with van der Waals surface area (Å²) in [7, 11) is 0. The second-order valence-electron chi connectivity index (χ2n) is 3.48. The van der Waals surface area contributed by atoms with Crippen molar-refractivity contribution >= 4 is 11.7 Å². The van der Waals surface area contributed by atoms with Gasteiger partial charge in [0.25, 0.3) is 0 Å². The van der Waals surface area contributed by atoms with Crippen molar-refractivity contribution in [3.8, 4) is 0 Å². The van der Waals surface area contributed by atoms with Crippen LogP contribution in [-0.2, 0) is 4.84 Å². The van der Waals surface area contributed by atoms with E-state index in [4.69, 9.17) is 4.84 Å². The largest absolute Gasteiger partial charge is 0.343 e. The summed E-state index contributed by atoms with van der Waals surface area (Å²) in [6.45, 7) is 2.67. The van der Waals surface area contributed by atoms with E-state index in [1.807, 2.05) is 30.3 Å². The number of hydrogen-bond donors (Lipinski definition) is 2. The molecule has 2 N–H and O–H groups in total. The minimum Gasteiger partial charge on any atom is -0.306 e. The Hall–Kier alpha value is -1.55. The summed E-state index contributed by atoms with van der Waals surface area (Å²) in [4.78, 5) is 16.3. The number of hydrogen-bond acceptors (Lipinski definition) is 2. The summed E-state index contributed by atoms with van der Waals surface area (Å²) in [5.74, 6) is 0. The third kappa shape index (κ3) is 5.36. The van der Waals surface area contributed by atoms with Gasteiger partial charge in [0.05, 0.1) is 6.61 Å². The fraction of sp³-hybridized carbons (Fsp3) is 0.417. The Morgan fingerprint density at radius 3 is 2.69 bits per heavy atom. The Bertz CT molecular complexity index is 301. The lowest BCUT2D eigenvalue weighted by Gasteiger charge is -2.07. The molecule has 0 atom stereocenters. The molecule has 0 saturated carbocycles. The Kier molecular flexibility index (Phi) is 6.03. The second kappa shape index (κ2) is 7.70. The van der Waals surface area contributed by atoms with Gasteiger partial charge in [-0.05, 0) is 18.6 Å². The summed E-state index contributed by atoms with van der Waals surface area (Å²) in [6.07, 6.45) is 3.21. The van der Waals surface area contributed by atoms with Gasteiger partial charge < -0.3 is 5.32 Å². The van der Waals surface area contributed by atoms with Crippen LogP contribution in [0.5, 0.6) is 0 Å². The summed E-state index contributed by atoms with van der Waals surface area (Å²) in [5.41, 5.74) is 3.09. The summed E-state index contributed by atoms with van der Waals surface area (Å²) in [5, 5.41) is 2.66. The third-order valence-corrected chi connectivity index (χ3v) is 2.05. The van der Waals surface area contributed by atoms with Gasteiger partial charge in [-0.2, -0.15) is 0 Å². The molecule has 0 spiro atoms. The number of carbonyl (C=O) groups is 1. The zero-order valence-corrected chi connectivity index (χ0v) is 9.53. The number of nitrogens with one attached hydrogen (secondary N) is 2. The van der Waals surface area contributed by atoms with Crippen LogP contribution in [0.1, 0.15) is 26.2 Å². The van der Waals surface area contributed by atoms with Gasteiger partial charge >= 0.3 is 6.03 Å². The first-order valence-corrected chi connectivity index (χ1v) is 5.56. The highest BCUT2D eigenvalue weighted by Crippen LogP contribution is 2.04. The number of carbonyl (C=O) groups excluding carboxylic acids is 1. The Labute approximate surface area is 95.9 Å². The predicted molar refractivity (Wildman–Crippen MR) is 64.1 cm³/mol. The van der Waals surface area contributed by atoms with E-state index >= 15 is 0 Å². The topological polar surface area (TPSA) is 50.4 Å². The SMILES string of the molecule is CCCCCONC(=O)Nc1ccccc1. The van der Waals surface area contributed by atoms with Crippen LogP contribution >= 0.6 is 0 Å². The van der Waals surface area contributed by atoms with Crippen LogP contribution in [0.4, 0.5) is 10.5 Å². The molecular weight excluding hydrogens is 204 g/mol. The first-order valence-electron chi connectivity index (χ1n) is 5.56. The average Bonchev–Trinajstić information content (AvgIpc) is 2.30. The maximum atomic E-state index is 11.3. The van der Waals surface area contributed by atoms with Crippen LogP contribution in [0.15, 0.2) is 30.3 Å². The van der Waals surface area contributed by atoms with E-state index in [0.29, 0.717) is 6.61 Å². The van der Waals surface area contributed by atoms with Gasteiger partial charge in [0.1, 0.15) is 0 Å². The van der Waals surface area contributed by atoms with Crippen molar-refractivity contribution in [1.82, 2.24) is 5.48 Å². The molecule has 2 amide bonds. The highest BCUT2D eigenvalue weighted by molar-refractivity contribution is 5.88. The average molecular weight is 222 g/mol. The predicted octanol–water partition coefficient (Wildman–Crippen LogP) is 2.93. The first-order chi connectivity index (χ1) is 7.83. The fourth-order valence-electron chi connectivity index (χ4n) is 1.22. The maximum Gasteiger partial charge on any atom is 0.343 e. The summed E-state index contributed by atoms with van der Waals surface area (Å²) >= 11 is 0. The summed E-state index contributed by atoms with van der Waals surface area (Å²) < 4.78 is 0. The second-order valence-corrected chi connectivity index (χ2v) is 3.48. The van der Waals surface area contributed by atoms with Gasteiger partial charge in [-0.3, -0.25) is 4.84 Å². The highest BCUT2D eigenvalue weighted by Gasteiger charge is 1.99. The molecule has 1 rings (SSSR count). The lowest BCUT2D eigenvalue weighted by molar-refractivity contribution is 0.0634. The van der Waals surface area contributed by atoms with Crippen molar-refractivity contribution in [1.29, 1.82) is 0 Å². The molecule has 0 aliphatic carbocycles. The Balaban J connectivity index is 2.12. The highest BCUT2D eigenvalue weighted by atomic mass is 16.7. The van der Waals surface area contributed by atoms with E-state index in [9.17, 15) is 4.79 Å². The molecule has 0 aromatic heterocycles. The molecule has 16 heavy (non-hydrogen) atoms. The number of urea groups is 1. The Morgan fingerprint density at radius 2 is 2.00 bits per heavy atom. The molecule has 4 heteroatoms. The van der Waals surface area contributed by atoms with Gasteiger partial charge in [0.15, 0.2) is 0 Å². The van der Waals surface area contributed by atoms with Crippen LogP contribution < -0.4 is 10.8 Å². The van der Waals surface area contributed by atoms with Crippen molar-refractivity contribution in [2.24, 2.45) is 0 Å². The van der Waals surface area contributed by atoms with Gasteiger partial charge in [0.2, 0.25) is 0 Å². The zero-order valence-electron chi connectivity index (χ0n) is 9.53. The zero-order chi connectivity index (χ0) is 11.6. The molecule has 0 aliphatic heterocycles. The van der Waals surface area contributed by atoms with Gasteiger partial charge in [0, 0.05) is 5.69 Å². The van der Waals surface area contributed by atoms with E-state index < -0.39 is 0 Å². The molecule has 1 aromatic rings. The number of unbranched alkanes of at least 4 members (excludes halogenated alkanes) is 2. The van der Waals surface area contributed by atoms with Crippen LogP contribution in [0.3, 0.4) is 0 Å². The van der Waals surface area contributed by atoms with E-state index in [1.165, 1.54) is 0 Å². The standard InChI is InChI=1S/C12H18N2O2/c1-2-3-7-10-16-14-12(15)13-11-8-5-4-6-9-11/h4-6,8-9H,2-3,7,10H2,1H3,(H2,13,14,15). The number of amides is 2. The van der Waals surface area contributed by atoms with E-state index in [1.54, 1.807) is 0 Å². The molecule has 0 aliphatic rings. The van der Waals surface area contributed by atoms with E-state index in [-0.39, 0.29) is 6.03 Å². The number of benzene rings is 1. The smallest absolute Gasteiger partial charge is 0.306 e. The minimum absolute atomic E-state index is 0.345. The molecule has 0 fully saturated rings. The van der Waals surface area contributed by atoms with Crippen molar-refractivity contribution in [3.05, 3.63) is 30.3 Å². The molecule has 0 saturated heterocycles. The molecule has 0 unspecified atom stereocenters. The molecule has 0 heterocycles. The van der Waals surface area contributed by atoms with Crippen LogP contribution in [0.25, 0.3) is 0 Å². The lowest BCUT2D eigenvalue weighted by Crippen LogP contribution is -2.29. The fourth-order valence-corrected chi connectivity index (χ4v) is 1.22. The molecule has 4 nitrogen and oxygen atoms in total. The van der Waals surface area contributed by atoms with Gasteiger partial charge in [-0.25, -0.2) is 10.3 Å². The van der Waals surface area contributed by atoms with Gasteiger partial charge in [-0.1, -0.05) is 38.0 Å². The number of rotatable bonds is 6. The molecule has 0 radical (unpaired) electrons. The van der Waals surface area contributed by atoms with E-state index in [0.717, 1.165) is 24.9 Å². The van der Waals surface area contributed by atoms with Crippen LogP contribution in [0.2, 0.25) is 0 Å². The molecule has 1 aromatic carbocycles. The van der Waals surface area contributed by atoms with Crippen LogP contribution in [0, 0.1) is 0 Å². The van der Waals surface area contributed by atoms with Crippen LogP contribution in [-0.4, -0.2) is 12.6 Å². The maximum absolute atomic E-state index is 11.3. The Morgan fingerprint density at radius 1 is 1.25 bits per heavy atom. The van der Waals surface area contributed by atoms with Crippen molar-refractivity contribution in [2.75, 3.05) is 11.9 Å². The molecule has 0 bridgehead atoms. The van der Waals surface area contributed by atoms with Crippen molar-refractivity contribution < 1.29 is 9.63 Å². The first kappa shape index (κ1) is 12.5. The number of para-hydroxylation sites is 1. The normalized spacial score (nSPS) is 9.81. The van der Waals surface area contributed by atoms with Crippen molar-refractivity contribution in [3.63, 3.8) is 0 Å². The summed E-state index contributed by atoms with van der Waals surface area (Å²) in [6, 6.07) is 8.90. The molecule has 88 valence electrons. The van der Waals surface area contributed by atoms with Crippen molar-refractivity contribution in [2.45, 2.75) is 26.2 Å². The minimum atomic E-state index is -0.345. The quantitative estimate of drug-likeness (QED) is 0.574.